The van der Waals surface area contributed by atoms with E-state index in [4.69, 9.17) is 11.6 Å². The molecule has 4 aromatic carbocycles. The summed E-state index contributed by atoms with van der Waals surface area (Å²) in [5.41, 5.74) is 2.15. The van der Waals surface area contributed by atoms with E-state index in [0.717, 1.165) is 16.1 Å². The predicted octanol–water partition coefficient (Wildman–Crippen LogP) is 6.28. The second-order valence-corrected chi connectivity index (χ2v) is 6.07. The van der Waals surface area contributed by atoms with Gasteiger partial charge in [0.1, 0.15) is 0 Å². The lowest BCUT2D eigenvalue weighted by Gasteiger charge is -2.04. The monoisotopic (exact) mass is 301 g/mol. The fourth-order valence-electron chi connectivity index (χ4n) is 3.47. The van der Waals surface area contributed by atoms with Crippen LogP contribution in [0.4, 0.5) is 0 Å². The van der Waals surface area contributed by atoms with E-state index in [9.17, 15) is 0 Å². The summed E-state index contributed by atoms with van der Waals surface area (Å²) in [4.78, 5) is 3.50. The summed E-state index contributed by atoms with van der Waals surface area (Å²) >= 11 is 6.53. The van der Waals surface area contributed by atoms with Crippen molar-refractivity contribution in [3.63, 3.8) is 0 Å². The first-order valence-electron chi connectivity index (χ1n) is 7.33. The molecule has 0 saturated carbocycles. The van der Waals surface area contributed by atoms with Gasteiger partial charge in [-0.3, -0.25) is 0 Å². The topological polar surface area (TPSA) is 15.8 Å². The van der Waals surface area contributed by atoms with Gasteiger partial charge in [0.2, 0.25) is 0 Å². The molecular weight excluding hydrogens is 290 g/mol. The summed E-state index contributed by atoms with van der Waals surface area (Å²) in [5.74, 6) is 0. The van der Waals surface area contributed by atoms with Gasteiger partial charge in [-0.05, 0) is 33.7 Å². The highest BCUT2D eigenvalue weighted by Crippen LogP contribution is 2.39. The average Bonchev–Trinajstić information content (AvgIpc) is 2.96. The van der Waals surface area contributed by atoms with Gasteiger partial charge < -0.3 is 4.98 Å². The normalized spacial score (nSPS) is 11.9. The summed E-state index contributed by atoms with van der Waals surface area (Å²) in [7, 11) is 0. The Kier molecular flexibility index (Phi) is 2.33. The molecule has 0 aliphatic carbocycles. The van der Waals surface area contributed by atoms with Crippen LogP contribution in [0, 0.1) is 0 Å². The van der Waals surface area contributed by atoms with Crippen molar-refractivity contribution in [3.8, 4) is 0 Å². The lowest BCUT2D eigenvalue weighted by molar-refractivity contribution is 1.56. The Morgan fingerprint density at radius 2 is 1.36 bits per heavy atom. The van der Waals surface area contributed by atoms with Gasteiger partial charge in [-0.1, -0.05) is 66.2 Å². The molecule has 2 heteroatoms. The second kappa shape index (κ2) is 4.25. The number of H-pyrrole nitrogens is 1. The Balaban J connectivity index is 2.20. The SMILES string of the molecule is Clc1cc2ccccc2c2c1[nH]c1ccc3ccccc3c12. The second-order valence-electron chi connectivity index (χ2n) is 5.66. The highest BCUT2D eigenvalue weighted by molar-refractivity contribution is 6.40. The average molecular weight is 302 g/mol. The Morgan fingerprint density at radius 3 is 2.18 bits per heavy atom. The molecule has 1 nitrogen and oxygen atoms in total. The standard InChI is InChI=1S/C20H12ClN/c21-16-11-13-6-2-4-8-15(13)19-18-14-7-3-1-5-12(14)9-10-17(18)22-20(16)19/h1-11,22H. The maximum Gasteiger partial charge on any atom is 0.0660 e. The molecule has 104 valence electrons. The first kappa shape index (κ1) is 12.1. The van der Waals surface area contributed by atoms with E-state index in [2.05, 4.69) is 65.6 Å². The quantitative estimate of drug-likeness (QED) is 0.346. The van der Waals surface area contributed by atoms with Crippen molar-refractivity contribution in [2.45, 2.75) is 0 Å². The molecule has 1 aromatic heterocycles. The Labute approximate surface area is 132 Å². The third-order valence-electron chi connectivity index (χ3n) is 4.44. The number of aromatic nitrogens is 1. The molecule has 5 aromatic rings. The molecule has 0 aliphatic rings. The number of rotatable bonds is 0. The lowest BCUT2D eigenvalue weighted by atomic mass is 10.00. The van der Waals surface area contributed by atoms with E-state index < -0.39 is 0 Å². The molecule has 1 N–H and O–H groups in total. The summed E-state index contributed by atoms with van der Waals surface area (Å²) in [5, 5.41) is 8.17. The number of hydrogen-bond donors (Lipinski definition) is 1. The third-order valence-corrected chi connectivity index (χ3v) is 4.74. The van der Waals surface area contributed by atoms with Gasteiger partial charge in [-0.2, -0.15) is 0 Å². The molecule has 0 spiro atoms. The maximum absolute atomic E-state index is 6.53. The molecule has 1 heterocycles. The Bertz CT molecular complexity index is 1180. The van der Waals surface area contributed by atoms with Gasteiger partial charge in [0.25, 0.3) is 0 Å². The van der Waals surface area contributed by atoms with E-state index >= 15 is 0 Å². The van der Waals surface area contributed by atoms with Crippen molar-refractivity contribution in [1.29, 1.82) is 0 Å². The molecule has 0 aliphatic heterocycles. The molecule has 22 heavy (non-hydrogen) atoms. The van der Waals surface area contributed by atoms with Crippen LogP contribution in [0.1, 0.15) is 0 Å². The predicted molar refractivity (Wildman–Crippen MR) is 95.8 cm³/mol. The van der Waals surface area contributed by atoms with E-state index in [1.54, 1.807) is 0 Å². The first-order chi connectivity index (χ1) is 10.8. The van der Waals surface area contributed by atoms with E-state index in [1.165, 1.54) is 32.3 Å². The largest absolute Gasteiger partial charge is 0.353 e. The van der Waals surface area contributed by atoms with Gasteiger partial charge >= 0.3 is 0 Å². The fourth-order valence-corrected chi connectivity index (χ4v) is 3.73. The molecule has 0 atom stereocenters. The van der Waals surface area contributed by atoms with Crippen molar-refractivity contribution in [1.82, 2.24) is 4.98 Å². The van der Waals surface area contributed by atoms with Gasteiger partial charge in [0.15, 0.2) is 0 Å². The van der Waals surface area contributed by atoms with Crippen molar-refractivity contribution < 1.29 is 0 Å². The van der Waals surface area contributed by atoms with Crippen LogP contribution in [0.2, 0.25) is 5.02 Å². The third kappa shape index (κ3) is 1.49. The number of aromatic amines is 1. The Hall–Kier alpha value is -2.51. The Morgan fingerprint density at radius 1 is 0.682 bits per heavy atom. The van der Waals surface area contributed by atoms with Crippen LogP contribution in [0.5, 0.6) is 0 Å². The highest BCUT2D eigenvalue weighted by Gasteiger charge is 2.13. The number of hydrogen-bond acceptors (Lipinski definition) is 0. The van der Waals surface area contributed by atoms with Crippen molar-refractivity contribution >= 4 is 55.0 Å². The molecule has 0 bridgehead atoms. The summed E-state index contributed by atoms with van der Waals surface area (Å²) < 4.78 is 0. The van der Waals surface area contributed by atoms with Crippen LogP contribution in [-0.2, 0) is 0 Å². The van der Waals surface area contributed by atoms with Gasteiger partial charge in [0.05, 0.1) is 10.5 Å². The van der Waals surface area contributed by atoms with E-state index in [1.807, 2.05) is 6.07 Å². The minimum absolute atomic E-state index is 0.772. The van der Waals surface area contributed by atoms with Crippen LogP contribution in [0.15, 0.2) is 66.7 Å². The molecule has 0 amide bonds. The number of nitrogens with one attached hydrogen (secondary N) is 1. The molecule has 0 saturated heterocycles. The minimum atomic E-state index is 0.772. The zero-order valence-corrected chi connectivity index (χ0v) is 12.5. The molecule has 0 unspecified atom stereocenters. The van der Waals surface area contributed by atoms with E-state index in [0.29, 0.717) is 0 Å². The van der Waals surface area contributed by atoms with Crippen molar-refractivity contribution in [2.75, 3.05) is 0 Å². The highest BCUT2D eigenvalue weighted by atomic mass is 35.5. The number of halogens is 1. The van der Waals surface area contributed by atoms with Crippen LogP contribution in [-0.4, -0.2) is 4.98 Å². The van der Waals surface area contributed by atoms with E-state index in [-0.39, 0.29) is 0 Å². The summed E-state index contributed by atoms with van der Waals surface area (Å²) in [6.45, 7) is 0. The summed E-state index contributed by atoms with van der Waals surface area (Å²) in [6.07, 6.45) is 0. The molecular formula is C20H12ClN. The van der Waals surface area contributed by atoms with Crippen LogP contribution in [0.25, 0.3) is 43.4 Å². The molecule has 0 fully saturated rings. The van der Waals surface area contributed by atoms with Gasteiger partial charge in [-0.25, -0.2) is 0 Å². The number of benzene rings is 4. The first-order valence-corrected chi connectivity index (χ1v) is 7.71. The van der Waals surface area contributed by atoms with Gasteiger partial charge in [0, 0.05) is 16.3 Å². The fraction of sp³-hybridized carbons (Fsp3) is 0. The smallest absolute Gasteiger partial charge is 0.0660 e. The zero-order chi connectivity index (χ0) is 14.7. The van der Waals surface area contributed by atoms with Crippen LogP contribution >= 0.6 is 11.6 Å². The maximum atomic E-state index is 6.53. The van der Waals surface area contributed by atoms with Gasteiger partial charge in [-0.15, -0.1) is 0 Å². The van der Waals surface area contributed by atoms with Crippen molar-refractivity contribution in [2.24, 2.45) is 0 Å². The number of fused-ring (bicyclic) bond motifs is 7. The lowest BCUT2D eigenvalue weighted by Crippen LogP contribution is -1.77. The summed E-state index contributed by atoms with van der Waals surface area (Å²) in [6, 6.07) is 23.3. The molecule has 0 radical (unpaired) electrons. The molecule has 5 rings (SSSR count). The van der Waals surface area contributed by atoms with Crippen LogP contribution < -0.4 is 0 Å². The van der Waals surface area contributed by atoms with Crippen molar-refractivity contribution in [3.05, 3.63) is 71.8 Å². The zero-order valence-electron chi connectivity index (χ0n) is 11.7. The van der Waals surface area contributed by atoms with Crippen LogP contribution in [0.3, 0.4) is 0 Å². The minimum Gasteiger partial charge on any atom is -0.353 e.